The van der Waals surface area contributed by atoms with E-state index in [0.29, 0.717) is 0 Å². The Kier molecular flexibility index (Phi) is 2.82. The molecule has 4 nitrogen and oxygen atoms in total. The average molecular weight is 309 g/mol. The molecule has 1 N–H and O–H groups in total. The van der Waals surface area contributed by atoms with Crippen LogP contribution in [0.1, 0.15) is 4.88 Å². The van der Waals surface area contributed by atoms with Gasteiger partial charge in [0.1, 0.15) is 4.60 Å². The highest BCUT2D eigenvalue weighted by Crippen LogP contribution is 2.23. The lowest BCUT2D eigenvalue weighted by atomic mass is 10.4. The number of halogens is 1. The van der Waals surface area contributed by atoms with Gasteiger partial charge in [-0.1, -0.05) is 6.07 Å². The second-order valence-corrected chi connectivity index (χ2v) is 5.27. The number of aromatic nitrogens is 3. The number of hydrogen-bond acceptors (Lipinski definition) is 4. The molecule has 0 spiro atoms. The second kappa shape index (κ2) is 4.46. The van der Waals surface area contributed by atoms with Crippen LogP contribution in [0.3, 0.4) is 0 Å². The molecule has 0 aliphatic heterocycles. The molecule has 0 unspecified atom stereocenters. The molecule has 0 fully saturated rings. The smallest absolute Gasteiger partial charge is 0.160 e. The van der Waals surface area contributed by atoms with Crippen molar-refractivity contribution < 1.29 is 0 Å². The molecular formula is C11H9BrN4S. The van der Waals surface area contributed by atoms with E-state index in [-0.39, 0.29) is 0 Å². The largest absolute Gasteiger partial charge is 0.363 e. The Balaban J connectivity index is 1.88. The maximum Gasteiger partial charge on any atom is 0.160 e. The fourth-order valence-electron chi connectivity index (χ4n) is 1.57. The van der Waals surface area contributed by atoms with Crippen molar-refractivity contribution in [3.8, 4) is 0 Å². The predicted molar refractivity (Wildman–Crippen MR) is 72.3 cm³/mol. The number of imidazole rings is 1. The lowest BCUT2D eigenvalue weighted by Crippen LogP contribution is -1.98. The number of rotatable bonds is 3. The predicted octanol–water partition coefficient (Wildman–Crippen LogP) is 3.17. The van der Waals surface area contributed by atoms with Crippen LogP contribution in [0.5, 0.6) is 0 Å². The van der Waals surface area contributed by atoms with Crippen molar-refractivity contribution in [2.24, 2.45) is 0 Å². The van der Waals surface area contributed by atoms with E-state index in [1.807, 2.05) is 16.7 Å². The summed E-state index contributed by atoms with van der Waals surface area (Å²) in [4.78, 5) is 9.79. The van der Waals surface area contributed by atoms with Gasteiger partial charge in [0.25, 0.3) is 0 Å². The molecule has 0 amide bonds. The van der Waals surface area contributed by atoms with E-state index in [2.05, 4.69) is 42.7 Å². The van der Waals surface area contributed by atoms with Crippen molar-refractivity contribution in [2.75, 3.05) is 5.32 Å². The zero-order valence-electron chi connectivity index (χ0n) is 8.80. The molecule has 3 rings (SSSR count). The van der Waals surface area contributed by atoms with Crippen LogP contribution in [-0.4, -0.2) is 14.4 Å². The van der Waals surface area contributed by atoms with Gasteiger partial charge in [-0.05, 0) is 27.4 Å². The van der Waals surface area contributed by atoms with E-state index >= 15 is 0 Å². The minimum absolute atomic E-state index is 0.785. The highest BCUT2D eigenvalue weighted by Gasteiger charge is 2.08. The third-order valence-electron chi connectivity index (χ3n) is 2.38. The molecule has 0 atom stereocenters. The lowest BCUT2D eigenvalue weighted by Gasteiger charge is -2.00. The van der Waals surface area contributed by atoms with Crippen molar-refractivity contribution >= 4 is 38.7 Å². The molecule has 0 bridgehead atoms. The molecule has 0 saturated heterocycles. The summed E-state index contributed by atoms with van der Waals surface area (Å²) in [5, 5.41) is 5.38. The van der Waals surface area contributed by atoms with Crippen LogP contribution >= 0.6 is 27.3 Å². The van der Waals surface area contributed by atoms with Crippen molar-refractivity contribution in [1.29, 1.82) is 0 Å². The van der Waals surface area contributed by atoms with Gasteiger partial charge in [-0.15, -0.1) is 11.3 Å². The minimum atomic E-state index is 0.785. The normalized spacial score (nSPS) is 10.9. The summed E-state index contributed by atoms with van der Waals surface area (Å²) in [6, 6.07) is 4.15. The van der Waals surface area contributed by atoms with E-state index in [1.54, 1.807) is 23.7 Å². The van der Waals surface area contributed by atoms with Crippen LogP contribution in [0.15, 0.2) is 40.7 Å². The van der Waals surface area contributed by atoms with Gasteiger partial charge in [-0.25, -0.2) is 4.98 Å². The van der Waals surface area contributed by atoms with Crippen LogP contribution in [0.4, 0.5) is 5.82 Å². The topological polar surface area (TPSA) is 42.2 Å². The summed E-state index contributed by atoms with van der Waals surface area (Å²) >= 11 is 5.26. The molecule has 6 heteroatoms. The Hall–Kier alpha value is -1.40. The maximum absolute atomic E-state index is 4.46. The molecule has 0 aliphatic rings. The first-order valence-corrected chi connectivity index (χ1v) is 6.75. The van der Waals surface area contributed by atoms with Gasteiger partial charge in [-0.2, -0.15) is 0 Å². The van der Waals surface area contributed by atoms with Crippen LogP contribution in [0.2, 0.25) is 0 Å². The molecule has 0 aliphatic carbocycles. The van der Waals surface area contributed by atoms with E-state index in [4.69, 9.17) is 0 Å². The van der Waals surface area contributed by atoms with Gasteiger partial charge in [-0.3, -0.25) is 9.38 Å². The second-order valence-electron chi connectivity index (χ2n) is 3.49. The molecule has 3 heterocycles. The van der Waals surface area contributed by atoms with Gasteiger partial charge >= 0.3 is 0 Å². The Morgan fingerprint density at radius 2 is 2.41 bits per heavy atom. The van der Waals surface area contributed by atoms with Gasteiger partial charge in [0.15, 0.2) is 11.5 Å². The van der Waals surface area contributed by atoms with E-state index in [0.717, 1.165) is 22.6 Å². The third kappa shape index (κ3) is 2.05. The molecular weight excluding hydrogens is 300 g/mol. The molecule has 17 heavy (non-hydrogen) atoms. The van der Waals surface area contributed by atoms with Gasteiger partial charge in [0.05, 0.1) is 12.7 Å². The summed E-state index contributed by atoms with van der Waals surface area (Å²) in [5.41, 5.74) is 0.827. The molecule has 0 saturated carbocycles. The first-order chi connectivity index (χ1) is 8.34. The van der Waals surface area contributed by atoms with Crippen molar-refractivity contribution in [3.63, 3.8) is 0 Å². The summed E-state index contributed by atoms with van der Waals surface area (Å²) in [6.07, 6.45) is 5.35. The number of thiophene rings is 1. The van der Waals surface area contributed by atoms with Crippen LogP contribution in [0.25, 0.3) is 5.65 Å². The number of nitrogens with one attached hydrogen (secondary N) is 1. The highest BCUT2D eigenvalue weighted by molar-refractivity contribution is 9.10. The SMILES string of the molecule is Brc1c(NCc2cccs2)nc2cnccn12. The Labute approximate surface area is 110 Å². The molecule has 3 aromatic rings. The summed E-state index contributed by atoms with van der Waals surface area (Å²) in [7, 11) is 0. The molecule has 3 aromatic heterocycles. The fraction of sp³-hybridized carbons (Fsp3) is 0.0909. The van der Waals surface area contributed by atoms with E-state index in [1.165, 1.54) is 4.88 Å². The lowest BCUT2D eigenvalue weighted by molar-refractivity contribution is 1.10. The van der Waals surface area contributed by atoms with Crippen LogP contribution in [-0.2, 0) is 6.54 Å². The first kappa shape index (κ1) is 10.7. The van der Waals surface area contributed by atoms with Crippen molar-refractivity contribution in [1.82, 2.24) is 14.4 Å². The van der Waals surface area contributed by atoms with Crippen molar-refractivity contribution in [3.05, 3.63) is 45.6 Å². The fourth-order valence-corrected chi connectivity index (χ4v) is 2.75. The Bertz CT molecular complexity index is 632. The van der Waals surface area contributed by atoms with Crippen molar-refractivity contribution in [2.45, 2.75) is 6.54 Å². The zero-order chi connectivity index (χ0) is 11.7. The Morgan fingerprint density at radius 3 is 3.18 bits per heavy atom. The molecule has 86 valence electrons. The third-order valence-corrected chi connectivity index (χ3v) is 4.02. The summed E-state index contributed by atoms with van der Waals surface area (Å²) in [5.74, 6) is 0.839. The van der Waals surface area contributed by atoms with Gasteiger partial charge < -0.3 is 5.32 Å². The Morgan fingerprint density at radius 1 is 1.47 bits per heavy atom. The first-order valence-electron chi connectivity index (χ1n) is 5.08. The van der Waals surface area contributed by atoms with Gasteiger partial charge in [0, 0.05) is 17.3 Å². The highest BCUT2D eigenvalue weighted by atomic mass is 79.9. The summed E-state index contributed by atoms with van der Waals surface area (Å²) in [6.45, 7) is 0.785. The van der Waals surface area contributed by atoms with E-state index < -0.39 is 0 Å². The minimum Gasteiger partial charge on any atom is -0.363 e. The number of nitrogens with zero attached hydrogens (tertiary/aromatic N) is 3. The van der Waals surface area contributed by atoms with Crippen LogP contribution in [0, 0.1) is 0 Å². The molecule has 0 radical (unpaired) electrons. The van der Waals surface area contributed by atoms with Gasteiger partial charge in [0.2, 0.25) is 0 Å². The maximum atomic E-state index is 4.46. The number of anilines is 1. The van der Waals surface area contributed by atoms with E-state index in [9.17, 15) is 0 Å². The average Bonchev–Trinajstić information content (AvgIpc) is 2.96. The zero-order valence-corrected chi connectivity index (χ0v) is 11.2. The number of hydrogen-bond donors (Lipinski definition) is 1. The molecule has 0 aromatic carbocycles. The number of fused-ring (bicyclic) bond motifs is 1. The quantitative estimate of drug-likeness (QED) is 0.808. The summed E-state index contributed by atoms with van der Waals surface area (Å²) < 4.78 is 2.87. The van der Waals surface area contributed by atoms with Crippen LogP contribution < -0.4 is 5.32 Å². The standard InChI is InChI=1S/C11H9BrN4S/c12-10-11(14-6-8-2-1-5-17-8)15-9-7-13-3-4-16(9)10/h1-5,7,14H,6H2. The monoisotopic (exact) mass is 308 g/mol.